The summed E-state index contributed by atoms with van der Waals surface area (Å²) >= 11 is 0. The number of benzene rings is 2. The molecule has 2 heterocycles. The zero-order valence-electron chi connectivity index (χ0n) is 14.7. The second-order valence-corrected chi connectivity index (χ2v) is 7.26. The summed E-state index contributed by atoms with van der Waals surface area (Å²) in [6.07, 6.45) is 7.43. The van der Waals surface area contributed by atoms with Crippen molar-refractivity contribution in [2.45, 2.75) is 56.7 Å². The molecule has 132 valence electrons. The van der Waals surface area contributed by atoms with Crippen LogP contribution in [0.25, 0.3) is 0 Å². The molecular formula is C22H27NO2. The first-order valence-electron chi connectivity index (χ1n) is 9.55. The quantitative estimate of drug-likeness (QED) is 0.849. The van der Waals surface area contributed by atoms with Gasteiger partial charge in [0.05, 0.1) is 6.61 Å². The Morgan fingerprint density at radius 1 is 0.880 bits per heavy atom. The Morgan fingerprint density at radius 3 is 2.44 bits per heavy atom. The lowest BCUT2D eigenvalue weighted by molar-refractivity contribution is 0.0925. The third-order valence-electron chi connectivity index (χ3n) is 5.28. The highest BCUT2D eigenvalue weighted by Gasteiger charge is 2.32. The molecule has 3 heteroatoms. The standard InChI is InChI=1S/C22H27NO2/c1-2-6-17(7-3-1)12-13-24-20-10-5-11-21(16-20)25-22-14-18-8-4-9-19(15-22)23-18/h1-3,5-7,10-11,16,18-19,22-23H,4,8-9,12-15H2/t18-,19+,22?. The van der Waals surface area contributed by atoms with Crippen LogP contribution in [-0.2, 0) is 6.42 Å². The van der Waals surface area contributed by atoms with E-state index in [1.807, 2.05) is 30.3 Å². The maximum absolute atomic E-state index is 6.28. The number of nitrogens with one attached hydrogen (secondary N) is 1. The van der Waals surface area contributed by atoms with Crippen LogP contribution in [-0.4, -0.2) is 24.8 Å². The van der Waals surface area contributed by atoms with Gasteiger partial charge in [-0.1, -0.05) is 42.8 Å². The van der Waals surface area contributed by atoms with Gasteiger partial charge in [0.2, 0.25) is 0 Å². The molecule has 2 aliphatic heterocycles. The van der Waals surface area contributed by atoms with E-state index < -0.39 is 0 Å². The SMILES string of the molecule is c1ccc(CCOc2cccc(OC3C[C@H]4CCC[C@@H](C3)N4)c2)cc1. The predicted octanol–water partition coefficient (Wildman–Crippen LogP) is 4.36. The van der Waals surface area contributed by atoms with Crippen molar-refractivity contribution in [3.63, 3.8) is 0 Å². The van der Waals surface area contributed by atoms with Crippen molar-refractivity contribution in [3.05, 3.63) is 60.2 Å². The summed E-state index contributed by atoms with van der Waals surface area (Å²) in [5.74, 6) is 1.82. The van der Waals surface area contributed by atoms with Gasteiger partial charge in [0, 0.05) is 24.6 Å². The minimum absolute atomic E-state index is 0.330. The van der Waals surface area contributed by atoms with Crippen molar-refractivity contribution < 1.29 is 9.47 Å². The number of rotatable bonds is 6. The Labute approximate surface area is 150 Å². The van der Waals surface area contributed by atoms with E-state index in [9.17, 15) is 0 Å². The Hall–Kier alpha value is -2.00. The second-order valence-electron chi connectivity index (χ2n) is 7.26. The fourth-order valence-corrected chi connectivity index (χ4v) is 4.07. The van der Waals surface area contributed by atoms with Gasteiger partial charge in [0.25, 0.3) is 0 Å². The van der Waals surface area contributed by atoms with Gasteiger partial charge < -0.3 is 14.8 Å². The van der Waals surface area contributed by atoms with E-state index in [1.54, 1.807) is 0 Å². The van der Waals surface area contributed by atoms with E-state index in [1.165, 1.54) is 24.8 Å². The molecule has 3 nitrogen and oxygen atoms in total. The molecule has 0 aromatic heterocycles. The molecule has 4 rings (SSSR count). The van der Waals surface area contributed by atoms with E-state index in [4.69, 9.17) is 9.47 Å². The number of piperidine rings is 2. The highest BCUT2D eigenvalue weighted by atomic mass is 16.5. The third-order valence-corrected chi connectivity index (χ3v) is 5.28. The fourth-order valence-electron chi connectivity index (χ4n) is 4.07. The van der Waals surface area contributed by atoms with E-state index in [2.05, 4.69) is 29.6 Å². The van der Waals surface area contributed by atoms with Crippen LogP contribution < -0.4 is 14.8 Å². The van der Waals surface area contributed by atoms with Gasteiger partial charge in [-0.05, 0) is 43.4 Å². The summed E-state index contributed by atoms with van der Waals surface area (Å²) in [6, 6.07) is 19.8. The van der Waals surface area contributed by atoms with Gasteiger partial charge in [-0.15, -0.1) is 0 Å². The number of hydrogen-bond acceptors (Lipinski definition) is 3. The van der Waals surface area contributed by atoms with Gasteiger partial charge in [0.15, 0.2) is 0 Å². The molecule has 2 fully saturated rings. The molecule has 0 amide bonds. The lowest BCUT2D eigenvalue weighted by atomic mass is 9.85. The van der Waals surface area contributed by atoms with Crippen LogP contribution in [0.15, 0.2) is 54.6 Å². The smallest absolute Gasteiger partial charge is 0.123 e. The molecule has 2 bridgehead atoms. The third kappa shape index (κ3) is 4.55. The topological polar surface area (TPSA) is 30.5 Å². The highest BCUT2D eigenvalue weighted by Crippen LogP contribution is 2.29. The molecular weight excluding hydrogens is 310 g/mol. The van der Waals surface area contributed by atoms with Crippen LogP contribution in [0.2, 0.25) is 0 Å². The van der Waals surface area contributed by atoms with Crippen LogP contribution in [0.3, 0.4) is 0 Å². The van der Waals surface area contributed by atoms with Gasteiger partial charge in [-0.25, -0.2) is 0 Å². The van der Waals surface area contributed by atoms with Gasteiger partial charge in [-0.2, -0.15) is 0 Å². The largest absolute Gasteiger partial charge is 0.493 e. The van der Waals surface area contributed by atoms with E-state index >= 15 is 0 Å². The van der Waals surface area contributed by atoms with Gasteiger partial charge in [-0.3, -0.25) is 0 Å². The first-order chi connectivity index (χ1) is 12.3. The summed E-state index contributed by atoms with van der Waals surface area (Å²) in [6.45, 7) is 0.685. The molecule has 2 saturated heterocycles. The van der Waals surface area contributed by atoms with Crippen molar-refractivity contribution in [1.82, 2.24) is 5.32 Å². The molecule has 0 spiro atoms. The van der Waals surface area contributed by atoms with Crippen LogP contribution in [0.1, 0.15) is 37.7 Å². The molecule has 1 N–H and O–H groups in total. The minimum atomic E-state index is 0.330. The van der Waals surface area contributed by atoms with Crippen molar-refractivity contribution in [2.75, 3.05) is 6.61 Å². The molecule has 0 aliphatic carbocycles. The van der Waals surface area contributed by atoms with Crippen molar-refractivity contribution in [3.8, 4) is 11.5 Å². The Balaban J connectivity index is 1.30. The van der Waals surface area contributed by atoms with E-state index in [0.29, 0.717) is 24.8 Å². The monoisotopic (exact) mass is 337 g/mol. The van der Waals surface area contributed by atoms with Crippen molar-refractivity contribution in [2.24, 2.45) is 0 Å². The number of ether oxygens (including phenoxy) is 2. The molecule has 2 aromatic rings. The second kappa shape index (κ2) is 7.92. The van der Waals surface area contributed by atoms with Crippen LogP contribution in [0, 0.1) is 0 Å². The van der Waals surface area contributed by atoms with E-state index in [0.717, 1.165) is 30.8 Å². The van der Waals surface area contributed by atoms with Crippen molar-refractivity contribution in [1.29, 1.82) is 0 Å². The summed E-state index contributed by atoms with van der Waals surface area (Å²) in [5.41, 5.74) is 1.30. The first kappa shape index (κ1) is 16.5. The normalized spacial score (nSPS) is 25.4. The molecule has 25 heavy (non-hydrogen) atoms. The first-order valence-corrected chi connectivity index (χ1v) is 9.55. The molecule has 3 atom stereocenters. The van der Waals surface area contributed by atoms with E-state index in [-0.39, 0.29) is 0 Å². The van der Waals surface area contributed by atoms with Crippen LogP contribution in [0.4, 0.5) is 0 Å². The van der Waals surface area contributed by atoms with Gasteiger partial charge >= 0.3 is 0 Å². The average molecular weight is 337 g/mol. The average Bonchev–Trinajstić information content (AvgIpc) is 2.63. The molecule has 2 aliphatic rings. The summed E-state index contributed by atoms with van der Waals surface area (Å²) in [7, 11) is 0. The van der Waals surface area contributed by atoms with Crippen LogP contribution in [0.5, 0.6) is 11.5 Å². The Kier molecular flexibility index (Phi) is 5.22. The lowest BCUT2D eigenvalue weighted by Crippen LogP contribution is -2.51. The molecule has 2 aromatic carbocycles. The maximum Gasteiger partial charge on any atom is 0.123 e. The summed E-state index contributed by atoms with van der Waals surface area (Å²) < 4.78 is 12.2. The fraction of sp³-hybridized carbons (Fsp3) is 0.455. The predicted molar refractivity (Wildman–Crippen MR) is 100 cm³/mol. The summed E-state index contributed by atoms with van der Waals surface area (Å²) in [4.78, 5) is 0. The highest BCUT2D eigenvalue weighted by molar-refractivity contribution is 5.33. The zero-order chi connectivity index (χ0) is 16.9. The number of hydrogen-bond donors (Lipinski definition) is 1. The molecule has 0 saturated carbocycles. The molecule has 1 unspecified atom stereocenters. The Bertz CT molecular complexity index is 661. The number of fused-ring (bicyclic) bond motifs is 2. The molecule has 0 radical (unpaired) electrons. The zero-order valence-corrected chi connectivity index (χ0v) is 14.7. The Morgan fingerprint density at radius 2 is 1.64 bits per heavy atom. The van der Waals surface area contributed by atoms with Gasteiger partial charge in [0.1, 0.15) is 17.6 Å². The van der Waals surface area contributed by atoms with Crippen molar-refractivity contribution >= 4 is 0 Å². The maximum atomic E-state index is 6.28. The van der Waals surface area contributed by atoms with Crippen LogP contribution >= 0.6 is 0 Å². The minimum Gasteiger partial charge on any atom is -0.493 e. The summed E-state index contributed by atoms with van der Waals surface area (Å²) in [5, 5.41) is 3.72. The lowest BCUT2D eigenvalue weighted by Gasteiger charge is -2.40.